The Hall–Kier alpha value is -0.650. The van der Waals surface area contributed by atoms with Crippen LogP contribution in [0, 0.1) is 5.92 Å². The van der Waals surface area contributed by atoms with Gasteiger partial charge in [-0.05, 0) is 31.6 Å². The first-order chi connectivity index (χ1) is 8.65. The van der Waals surface area contributed by atoms with Crippen molar-refractivity contribution in [1.29, 1.82) is 0 Å². The summed E-state index contributed by atoms with van der Waals surface area (Å²) in [5.41, 5.74) is -0.426. The van der Waals surface area contributed by atoms with E-state index in [4.69, 9.17) is 4.74 Å². The lowest BCUT2D eigenvalue weighted by atomic mass is 9.77. The van der Waals surface area contributed by atoms with E-state index >= 15 is 0 Å². The zero-order chi connectivity index (χ0) is 13.0. The summed E-state index contributed by atoms with van der Waals surface area (Å²) in [5.74, 6) is 0.597. The van der Waals surface area contributed by atoms with Gasteiger partial charge in [0.1, 0.15) is 6.10 Å². The van der Waals surface area contributed by atoms with Crippen LogP contribution in [0.25, 0.3) is 0 Å². The zero-order valence-electron chi connectivity index (χ0n) is 11.1. The Morgan fingerprint density at radius 2 is 2.22 bits per heavy atom. The average molecular weight is 256 g/mol. The number of aliphatic hydroxyl groups excluding tert-OH is 1. The highest BCUT2D eigenvalue weighted by molar-refractivity contribution is 5.82. The summed E-state index contributed by atoms with van der Waals surface area (Å²) >= 11 is 0. The fraction of sp³-hybridized carbons (Fsp3) is 0.923. The van der Waals surface area contributed by atoms with Crippen LogP contribution in [0.2, 0.25) is 0 Å². The zero-order valence-corrected chi connectivity index (χ0v) is 11.1. The standard InChI is InChI=1S/C13H24N2O3/c1-10-2-4-13(9-16,5-3-10)15-12(17)11-8-14-6-7-18-11/h10-11,14,16H,2-9H2,1H3,(H,15,17). The molecule has 0 aromatic heterocycles. The molecule has 2 fully saturated rings. The first-order valence-corrected chi connectivity index (χ1v) is 6.90. The van der Waals surface area contributed by atoms with Crippen molar-refractivity contribution >= 4 is 5.91 Å². The van der Waals surface area contributed by atoms with Crippen LogP contribution in [-0.2, 0) is 9.53 Å². The summed E-state index contributed by atoms with van der Waals surface area (Å²) in [6, 6.07) is 0. The summed E-state index contributed by atoms with van der Waals surface area (Å²) in [6.45, 7) is 4.17. The topological polar surface area (TPSA) is 70.6 Å². The van der Waals surface area contributed by atoms with E-state index < -0.39 is 11.6 Å². The molecule has 1 aliphatic heterocycles. The summed E-state index contributed by atoms with van der Waals surface area (Å²) in [5, 5.41) is 15.8. The van der Waals surface area contributed by atoms with Crippen molar-refractivity contribution in [1.82, 2.24) is 10.6 Å². The molecule has 0 bridgehead atoms. The summed E-state index contributed by atoms with van der Waals surface area (Å²) in [6.07, 6.45) is 3.42. The normalized spacial score (nSPS) is 37.2. The molecule has 1 saturated carbocycles. The SMILES string of the molecule is CC1CCC(CO)(NC(=O)C2CNCCO2)CC1. The number of aliphatic hydroxyl groups is 1. The highest BCUT2D eigenvalue weighted by atomic mass is 16.5. The maximum atomic E-state index is 12.1. The van der Waals surface area contributed by atoms with Gasteiger partial charge in [-0.25, -0.2) is 0 Å². The fourth-order valence-electron chi connectivity index (χ4n) is 2.71. The lowest BCUT2D eigenvalue weighted by Gasteiger charge is -2.39. The van der Waals surface area contributed by atoms with Gasteiger partial charge in [0.25, 0.3) is 5.91 Å². The van der Waals surface area contributed by atoms with Gasteiger partial charge in [0.2, 0.25) is 0 Å². The Morgan fingerprint density at radius 3 is 2.78 bits per heavy atom. The highest BCUT2D eigenvalue weighted by Gasteiger charge is 2.37. The lowest BCUT2D eigenvalue weighted by Crippen LogP contribution is -2.58. The van der Waals surface area contributed by atoms with Gasteiger partial charge in [0.05, 0.1) is 18.8 Å². The van der Waals surface area contributed by atoms with Crippen LogP contribution in [0.3, 0.4) is 0 Å². The Kier molecular flexibility index (Phi) is 4.59. The van der Waals surface area contributed by atoms with E-state index in [9.17, 15) is 9.90 Å². The minimum atomic E-state index is -0.426. The third-order valence-electron chi connectivity index (χ3n) is 4.14. The molecule has 0 aromatic rings. The van der Waals surface area contributed by atoms with Crippen LogP contribution < -0.4 is 10.6 Å². The van der Waals surface area contributed by atoms with Gasteiger partial charge in [0.15, 0.2) is 0 Å². The Morgan fingerprint density at radius 1 is 1.50 bits per heavy atom. The van der Waals surface area contributed by atoms with Crippen LogP contribution in [0.5, 0.6) is 0 Å². The number of rotatable bonds is 3. The van der Waals surface area contributed by atoms with Gasteiger partial charge in [-0.15, -0.1) is 0 Å². The molecule has 2 aliphatic rings. The van der Waals surface area contributed by atoms with Crippen LogP contribution in [-0.4, -0.2) is 49.0 Å². The molecule has 0 radical (unpaired) electrons. The number of amides is 1. The monoisotopic (exact) mass is 256 g/mol. The van der Waals surface area contributed by atoms with Gasteiger partial charge in [-0.2, -0.15) is 0 Å². The van der Waals surface area contributed by atoms with E-state index in [1.54, 1.807) is 0 Å². The molecule has 1 amide bonds. The van der Waals surface area contributed by atoms with E-state index in [1.165, 1.54) is 0 Å². The van der Waals surface area contributed by atoms with E-state index in [0.29, 0.717) is 19.1 Å². The molecule has 3 N–H and O–H groups in total. The molecule has 1 unspecified atom stereocenters. The number of hydrogen-bond acceptors (Lipinski definition) is 4. The number of hydrogen-bond donors (Lipinski definition) is 3. The number of carbonyl (C=O) groups excluding carboxylic acids is 1. The molecule has 5 heteroatoms. The van der Waals surface area contributed by atoms with Gasteiger partial charge >= 0.3 is 0 Å². The quantitative estimate of drug-likeness (QED) is 0.666. The summed E-state index contributed by atoms with van der Waals surface area (Å²) < 4.78 is 5.44. The first kappa shape index (κ1) is 13.8. The third-order valence-corrected chi connectivity index (χ3v) is 4.14. The highest BCUT2D eigenvalue weighted by Crippen LogP contribution is 2.31. The predicted molar refractivity (Wildman–Crippen MR) is 68.2 cm³/mol. The first-order valence-electron chi connectivity index (χ1n) is 6.90. The number of morpholine rings is 1. The second-order valence-electron chi connectivity index (χ2n) is 5.67. The smallest absolute Gasteiger partial charge is 0.250 e. The fourth-order valence-corrected chi connectivity index (χ4v) is 2.71. The van der Waals surface area contributed by atoms with Crippen molar-refractivity contribution in [3.8, 4) is 0 Å². The van der Waals surface area contributed by atoms with E-state index in [2.05, 4.69) is 17.6 Å². The Labute approximate surface area is 108 Å². The summed E-state index contributed by atoms with van der Waals surface area (Å²) in [7, 11) is 0. The molecule has 5 nitrogen and oxygen atoms in total. The van der Waals surface area contributed by atoms with Gasteiger partial charge in [0, 0.05) is 13.1 Å². The van der Waals surface area contributed by atoms with Crippen molar-refractivity contribution in [2.24, 2.45) is 5.92 Å². The molecule has 1 aliphatic carbocycles. The van der Waals surface area contributed by atoms with Crippen molar-refractivity contribution < 1.29 is 14.6 Å². The van der Waals surface area contributed by atoms with Crippen LogP contribution in [0.15, 0.2) is 0 Å². The molecule has 18 heavy (non-hydrogen) atoms. The minimum absolute atomic E-state index is 0.0195. The summed E-state index contributed by atoms with van der Waals surface area (Å²) in [4.78, 5) is 12.1. The lowest BCUT2D eigenvalue weighted by molar-refractivity contribution is -0.137. The predicted octanol–water partition coefficient (Wildman–Crippen LogP) is 0.0322. The number of nitrogens with one attached hydrogen (secondary N) is 2. The molecule has 0 spiro atoms. The van der Waals surface area contributed by atoms with Gasteiger partial charge in [-0.1, -0.05) is 6.92 Å². The second-order valence-corrected chi connectivity index (χ2v) is 5.67. The maximum absolute atomic E-state index is 12.1. The number of ether oxygens (including phenoxy) is 1. The molecule has 1 saturated heterocycles. The molecule has 1 atom stereocenters. The molecule has 104 valence electrons. The molecular weight excluding hydrogens is 232 g/mol. The van der Waals surface area contributed by atoms with Crippen LogP contribution in [0.1, 0.15) is 32.6 Å². The minimum Gasteiger partial charge on any atom is -0.394 e. The third kappa shape index (κ3) is 3.22. The van der Waals surface area contributed by atoms with E-state index in [1.807, 2.05) is 0 Å². The van der Waals surface area contributed by atoms with Crippen molar-refractivity contribution in [3.05, 3.63) is 0 Å². The van der Waals surface area contributed by atoms with E-state index in [0.717, 1.165) is 32.2 Å². The molecule has 0 aromatic carbocycles. The Balaban J connectivity index is 1.90. The van der Waals surface area contributed by atoms with Gasteiger partial charge < -0.3 is 20.5 Å². The second kappa shape index (κ2) is 5.99. The van der Waals surface area contributed by atoms with Crippen molar-refractivity contribution in [3.63, 3.8) is 0 Å². The number of carbonyl (C=O) groups is 1. The Bertz CT molecular complexity index is 282. The van der Waals surface area contributed by atoms with Crippen LogP contribution >= 0.6 is 0 Å². The van der Waals surface area contributed by atoms with Crippen molar-refractivity contribution in [2.75, 3.05) is 26.3 Å². The average Bonchev–Trinajstić information content (AvgIpc) is 2.43. The maximum Gasteiger partial charge on any atom is 0.250 e. The van der Waals surface area contributed by atoms with Crippen molar-refractivity contribution in [2.45, 2.75) is 44.2 Å². The van der Waals surface area contributed by atoms with Gasteiger partial charge in [-0.3, -0.25) is 4.79 Å². The molecular formula is C13H24N2O3. The molecule has 2 rings (SSSR count). The largest absolute Gasteiger partial charge is 0.394 e. The van der Waals surface area contributed by atoms with E-state index in [-0.39, 0.29) is 12.5 Å². The molecule has 1 heterocycles. The van der Waals surface area contributed by atoms with Crippen LogP contribution in [0.4, 0.5) is 0 Å².